The molecule has 96 valence electrons. The van der Waals surface area contributed by atoms with Gasteiger partial charge in [-0.15, -0.1) is 0 Å². The maximum absolute atomic E-state index is 9.51. The Morgan fingerprint density at radius 2 is 1.82 bits per heavy atom. The Morgan fingerprint density at radius 3 is 2.35 bits per heavy atom. The molecule has 0 heterocycles. The molecule has 2 unspecified atom stereocenters. The largest absolute Gasteiger partial charge is 0.508 e. The lowest BCUT2D eigenvalue weighted by molar-refractivity contribution is 0.176. The molecule has 2 nitrogen and oxygen atoms in total. The monoisotopic (exact) mass is 235 g/mol. The fourth-order valence-corrected chi connectivity index (χ4v) is 2.25. The van der Waals surface area contributed by atoms with E-state index in [0.29, 0.717) is 23.8 Å². The molecular weight excluding hydrogens is 210 g/mol. The van der Waals surface area contributed by atoms with Crippen molar-refractivity contribution in [3.63, 3.8) is 0 Å². The Bertz CT molecular complexity index is 349. The van der Waals surface area contributed by atoms with Crippen LogP contribution in [0.4, 0.5) is 0 Å². The summed E-state index contributed by atoms with van der Waals surface area (Å²) in [4.78, 5) is 2.37. The van der Waals surface area contributed by atoms with Crippen molar-refractivity contribution in [1.82, 2.24) is 4.90 Å². The fraction of sp³-hybridized carbons (Fsp3) is 0.600. The first kappa shape index (κ1) is 14.0. The molecule has 0 spiro atoms. The van der Waals surface area contributed by atoms with Gasteiger partial charge in [0.25, 0.3) is 0 Å². The number of aromatic hydroxyl groups is 1. The van der Waals surface area contributed by atoms with Crippen molar-refractivity contribution in [3.8, 4) is 5.75 Å². The maximum Gasteiger partial charge on any atom is 0.115 e. The van der Waals surface area contributed by atoms with Gasteiger partial charge < -0.3 is 5.11 Å². The fourth-order valence-electron chi connectivity index (χ4n) is 2.25. The summed E-state index contributed by atoms with van der Waals surface area (Å²) in [5.74, 6) is 1.06. The van der Waals surface area contributed by atoms with Crippen LogP contribution in [-0.2, 0) is 0 Å². The normalized spacial score (nSPS) is 15.2. The highest BCUT2D eigenvalue weighted by Gasteiger charge is 2.18. The van der Waals surface area contributed by atoms with Crippen LogP contribution in [-0.4, -0.2) is 23.1 Å². The van der Waals surface area contributed by atoms with Gasteiger partial charge in [0.05, 0.1) is 0 Å². The van der Waals surface area contributed by atoms with Crippen LogP contribution >= 0.6 is 0 Å². The highest BCUT2D eigenvalue weighted by atomic mass is 16.3. The van der Waals surface area contributed by atoms with Crippen molar-refractivity contribution in [1.29, 1.82) is 0 Å². The molecule has 1 aromatic carbocycles. The van der Waals surface area contributed by atoms with Gasteiger partial charge >= 0.3 is 0 Å². The average Bonchev–Trinajstić information content (AvgIpc) is 2.26. The first-order valence-corrected chi connectivity index (χ1v) is 6.42. The first-order valence-electron chi connectivity index (χ1n) is 6.42. The van der Waals surface area contributed by atoms with E-state index in [9.17, 15) is 5.11 Å². The molecule has 0 bridgehead atoms. The van der Waals surface area contributed by atoms with Crippen molar-refractivity contribution in [2.75, 3.05) is 7.05 Å². The molecule has 2 heteroatoms. The molecule has 2 atom stereocenters. The van der Waals surface area contributed by atoms with E-state index in [4.69, 9.17) is 0 Å². The third-order valence-corrected chi connectivity index (χ3v) is 3.47. The van der Waals surface area contributed by atoms with Crippen molar-refractivity contribution < 1.29 is 5.11 Å². The predicted molar refractivity (Wildman–Crippen MR) is 73.2 cm³/mol. The van der Waals surface area contributed by atoms with Crippen molar-refractivity contribution in [2.45, 2.75) is 46.2 Å². The van der Waals surface area contributed by atoms with Gasteiger partial charge in [0.2, 0.25) is 0 Å². The molecule has 1 aromatic rings. The highest BCUT2D eigenvalue weighted by molar-refractivity contribution is 5.29. The Labute approximate surface area is 105 Å². The minimum Gasteiger partial charge on any atom is -0.508 e. The molecular formula is C15H25NO. The zero-order chi connectivity index (χ0) is 13.0. The van der Waals surface area contributed by atoms with Gasteiger partial charge in [-0.3, -0.25) is 4.90 Å². The predicted octanol–water partition coefficient (Wildman–Crippen LogP) is 3.82. The lowest BCUT2D eigenvalue weighted by Crippen LogP contribution is -2.32. The van der Waals surface area contributed by atoms with E-state index < -0.39 is 0 Å². The van der Waals surface area contributed by atoms with Crippen LogP contribution in [0, 0.1) is 5.92 Å². The maximum atomic E-state index is 9.51. The summed E-state index contributed by atoms with van der Waals surface area (Å²) in [5, 5.41) is 9.51. The van der Waals surface area contributed by atoms with Crippen LogP contribution in [0.2, 0.25) is 0 Å². The molecule has 0 aliphatic heterocycles. The first-order chi connectivity index (χ1) is 7.91. The third kappa shape index (κ3) is 4.04. The van der Waals surface area contributed by atoms with Crippen molar-refractivity contribution >= 4 is 0 Å². The Hall–Kier alpha value is -1.02. The SMILES string of the molecule is CC(C)CC(C)N(C)C(C)c1cccc(O)c1. The van der Waals surface area contributed by atoms with E-state index in [1.54, 1.807) is 6.07 Å². The van der Waals surface area contributed by atoms with Crippen molar-refractivity contribution in [3.05, 3.63) is 29.8 Å². The standard InChI is InChI=1S/C15H25NO/c1-11(2)9-12(3)16(5)13(4)14-7-6-8-15(17)10-14/h6-8,10-13,17H,9H2,1-5H3. The second-order valence-electron chi connectivity index (χ2n) is 5.41. The van der Waals surface area contributed by atoms with Crippen LogP contribution in [0.1, 0.15) is 45.7 Å². The smallest absolute Gasteiger partial charge is 0.115 e. The van der Waals surface area contributed by atoms with Gasteiger partial charge in [-0.2, -0.15) is 0 Å². The summed E-state index contributed by atoms with van der Waals surface area (Å²) in [7, 11) is 2.15. The Morgan fingerprint density at radius 1 is 1.18 bits per heavy atom. The topological polar surface area (TPSA) is 23.5 Å². The summed E-state index contributed by atoms with van der Waals surface area (Å²) < 4.78 is 0. The van der Waals surface area contributed by atoms with Gasteiger partial charge in [0.15, 0.2) is 0 Å². The number of phenols is 1. The molecule has 0 aromatic heterocycles. The zero-order valence-electron chi connectivity index (χ0n) is 11.6. The second kappa shape index (κ2) is 6.06. The van der Waals surface area contributed by atoms with Crippen molar-refractivity contribution in [2.24, 2.45) is 5.92 Å². The summed E-state index contributed by atoms with van der Waals surface area (Å²) >= 11 is 0. The van der Waals surface area contributed by atoms with Crippen LogP contribution in [0.15, 0.2) is 24.3 Å². The molecule has 0 fully saturated rings. The quantitative estimate of drug-likeness (QED) is 0.838. The Kier molecular flexibility index (Phi) is 5.01. The minimum atomic E-state index is 0.329. The van der Waals surface area contributed by atoms with E-state index in [-0.39, 0.29) is 0 Å². The van der Waals surface area contributed by atoms with E-state index >= 15 is 0 Å². The van der Waals surface area contributed by atoms with E-state index in [1.807, 2.05) is 12.1 Å². The molecule has 1 N–H and O–H groups in total. The number of phenolic OH excluding ortho intramolecular Hbond substituents is 1. The summed E-state index contributed by atoms with van der Waals surface area (Å²) in [6.07, 6.45) is 1.19. The van der Waals surface area contributed by atoms with Crippen LogP contribution < -0.4 is 0 Å². The molecule has 1 rings (SSSR count). The molecule has 0 amide bonds. The van der Waals surface area contributed by atoms with E-state index in [0.717, 1.165) is 0 Å². The summed E-state index contributed by atoms with van der Waals surface area (Å²) in [6, 6.07) is 8.42. The number of nitrogens with zero attached hydrogens (tertiary/aromatic N) is 1. The second-order valence-corrected chi connectivity index (χ2v) is 5.41. The highest BCUT2D eigenvalue weighted by Crippen LogP contribution is 2.25. The van der Waals surface area contributed by atoms with Crippen LogP contribution in [0.3, 0.4) is 0 Å². The molecule has 0 radical (unpaired) electrons. The minimum absolute atomic E-state index is 0.329. The molecule has 0 aliphatic rings. The molecule has 0 saturated heterocycles. The van der Waals surface area contributed by atoms with Gasteiger partial charge in [0, 0.05) is 12.1 Å². The van der Waals surface area contributed by atoms with Crippen LogP contribution in [0.25, 0.3) is 0 Å². The number of benzene rings is 1. The summed E-state index contributed by atoms with van der Waals surface area (Å²) in [5.41, 5.74) is 1.17. The van der Waals surface area contributed by atoms with Gasteiger partial charge in [-0.05, 0) is 50.9 Å². The molecule has 0 aliphatic carbocycles. The number of rotatable bonds is 5. The molecule has 17 heavy (non-hydrogen) atoms. The lowest BCUT2D eigenvalue weighted by Gasteiger charge is -2.32. The average molecular weight is 235 g/mol. The van der Waals surface area contributed by atoms with Crippen LogP contribution in [0.5, 0.6) is 5.75 Å². The summed E-state index contributed by atoms with van der Waals surface area (Å²) in [6.45, 7) is 8.96. The number of hydrogen-bond acceptors (Lipinski definition) is 2. The zero-order valence-corrected chi connectivity index (χ0v) is 11.6. The third-order valence-electron chi connectivity index (χ3n) is 3.47. The molecule has 0 saturated carbocycles. The van der Waals surface area contributed by atoms with Gasteiger partial charge in [-0.1, -0.05) is 26.0 Å². The van der Waals surface area contributed by atoms with E-state index in [2.05, 4.69) is 45.7 Å². The lowest BCUT2D eigenvalue weighted by atomic mass is 10.0. The number of hydrogen-bond donors (Lipinski definition) is 1. The van der Waals surface area contributed by atoms with Gasteiger partial charge in [0.1, 0.15) is 5.75 Å². The van der Waals surface area contributed by atoms with E-state index in [1.165, 1.54) is 12.0 Å². The van der Waals surface area contributed by atoms with Gasteiger partial charge in [-0.25, -0.2) is 0 Å². The Balaban J connectivity index is 2.72.